The number of hydrogen-bond donors (Lipinski definition) is 3. The number of nitrogens with zero attached hydrogens (tertiary/aromatic N) is 1. The minimum Gasteiger partial charge on any atom is -0.439 e. The number of carbonyl (C=O) groups is 1. The number of hydrogen-bond acceptors (Lipinski definition) is 4. The summed E-state index contributed by atoms with van der Waals surface area (Å²) in [4.78, 5) is 16.5. The van der Waals surface area contributed by atoms with Gasteiger partial charge in [-0.1, -0.05) is 36.4 Å². The van der Waals surface area contributed by atoms with Crippen molar-refractivity contribution in [2.75, 3.05) is 11.9 Å². The SMILES string of the molecule is Cc1ccc(Oc2ccc(NC(=O)NC(CO)Cc3ccccc3)cn2)cc1C. The number of nitrogens with one attached hydrogen (secondary N) is 2. The fourth-order valence-electron chi connectivity index (χ4n) is 2.83. The molecule has 2 amide bonds. The third kappa shape index (κ3) is 6.05. The van der Waals surface area contributed by atoms with Crippen molar-refractivity contribution in [2.24, 2.45) is 0 Å². The zero-order valence-electron chi connectivity index (χ0n) is 16.6. The topological polar surface area (TPSA) is 83.5 Å². The minimum atomic E-state index is -0.399. The molecule has 1 heterocycles. The second kappa shape index (κ2) is 9.71. The molecule has 0 spiro atoms. The van der Waals surface area contributed by atoms with Gasteiger partial charge in [-0.3, -0.25) is 0 Å². The monoisotopic (exact) mass is 391 g/mol. The van der Waals surface area contributed by atoms with Crippen LogP contribution in [0.1, 0.15) is 16.7 Å². The van der Waals surface area contributed by atoms with Crippen LogP contribution in [0.3, 0.4) is 0 Å². The smallest absolute Gasteiger partial charge is 0.319 e. The Labute approximate surface area is 170 Å². The molecule has 1 aromatic heterocycles. The van der Waals surface area contributed by atoms with Crippen LogP contribution in [0.15, 0.2) is 66.9 Å². The first kappa shape index (κ1) is 20.4. The van der Waals surface area contributed by atoms with Gasteiger partial charge in [0.25, 0.3) is 0 Å². The van der Waals surface area contributed by atoms with Crippen molar-refractivity contribution in [3.63, 3.8) is 0 Å². The van der Waals surface area contributed by atoms with E-state index in [0.717, 1.165) is 11.1 Å². The Morgan fingerprint density at radius 1 is 1.07 bits per heavy atom. The van der Waals surface area contributed by atoms with E-state index in [1.807, 2.05) is 62.4 Å². The lowest BCUT2D eigenvalue weighted by atomic mass is 10.1. The van der Waals surface area contributed by atoms with Crippen LogP contribution >= 0.6 is 0 Å². The van der Waals surface area contributed by atoms with Crippen LogP contribution in [0.2, 0.25) is 0 Å². The van der Waals surface area contributed by atoms with Crippen molar-refractivity contribution in [1.29, 1.82) is 0 Å². The summed E-state index contributed by atoms with van der Waals surface area (Å²) in [7, 11) is 0. The molecular weight excluding hydrogens is 366 g/mol. The fraction of sp³-hybridized carbons (Fsp3) is 0.217. The molecule has 0 radical (unpaired) electrons. The molecular formula is C23H25N3O3. The van der Waals surface area contributed by atoms with Gasteiger partial charge in [-0.05, 0) is 55.2 Å². The van der Waals surface area contributed by atoms with Gasteiger partial charge in [-0.2, -0.15) is 0 Å². The largest absolute Gasteiger partial charge is 0.439 e. The predicted molar refractivity (Wildman–Crippen MR) is 113 cm³/mol. The highest BCUT2D eigenvalue weighted by Gasteiger charge is 2.12. The number of carbonyl (C=O) groups excluding carboxylic acids is 1. The fourth-order valence-corrected chi connectivity index (χ4v) is 2.83. The molecule has 0 aliphatic rings. The van der Waals surface area contributed by atoms with Gasteiger partial charge >= 0.3 is 6.03 Å². The van der Waals surface area contributed by atoms with Crippen molar-refractivity contribution in [3.8, 4) is 11.6 Å². The summed E-state index contributed by atoms with van der Waals surface area (Å²) in [6, 6.07) is 18.2. The Morgan fingerprint density at radius 2 is 1.86 bits per heavy atom. The molecule has 1 unspecified atom stereocenters. The maximum atomic E-state index is 12.2. The Balaban J connectivity index is 1.54. The van der Waals surface area contributed by atoms with Crippen molar-refractivity contribution >= 4 is 11.7 Å². The average Bonchev–Trinajstić information content (AvgIpc) is 2.72. The number of urea groups is 1. The first-order valence-electron chi connectivity index (χ1n) is 9.47. The van der Waals surface area contributed by atoms with Crippen molar-refractivity contribution in [2.45, 2.75) is 26.3 Å². The van der Waals surface area contributed by atoms with Crippen molar-refractivity contribution in [1.82, 2.24) is 10.3 Å². The van der Waals surface area contributed by atoms with Gasteiger partial charge in [0.05, 0.1) is 24.5 Å². The summed E-state index contributed by atoms with van der Waals surface area (Å²) in [5.74, 6) is 1.15. The number of rotatable bonds is 7. The van der Waals surface area contributed by atoms with Crippen LogP contribution < -0.4 is 15.4 Å². The average molecular weight is 391 g/mol. The zero-order valence-corrected chi connectivity index (χ0v) is 16.6. The molecule has 6 nitrogen and oxygen atoms in total. The Hall–Kier alpha value is -3.38. The van der Waals surface area contributed by atoms with Gasteiger partial charge in [0.1, 0.15) is 5.75 Å². The number of anilines is 1. The molecule has 29 heavy (non-hydrogen) atoms. The van der Waals surface area contributed by atoms with Gasteiger partial charge in [-0.25, -0.2) is 9.78 Å². The number of amides is 2. The van der Waals surface area contributed by atoms with Gasteiger partial charge < -0.3 is 20.5 Å². The molecule has 1 atom stereocenters. The number of aliphatic hydroxyl groups excluding tert-OH is 1. The lowest BCUT2D eigenvalue weighted by molar-refractivity contribution is 0.224. The first-order chi connectivity index (χ1) is 14.0. The Morgan fingerprint density at radius 3 is 2.52 bits per heavy atom. The third-order valence-corrected chi connectivity index (χ3v) is 4.58. The molecule has 3 rings (SSSR count). The van der Waals surface area contributed by atoms with Crippen LogP contribution in [0, 0.1) is 13.8 Å². The Bertz CT molecular complexity index is 943. The number of aromatic nitrogens is 1. The number of ether oxygens (including phenoxy) is 1. The number of pyridine rings is 1. The van der Waals surface area contributed by atoms with E-state index in [-0.39, 0.29) is 12.6 Å². The minimum absolute atomic E-state index is 0.149. The van der Waals surface area contributed by atoms with Crippen LogP contribution in [0.5, 0.6) is 11.6 Å². The normalized spacial score (nSPS) is 11.6. The van der Waals surface area contributed by atoms with Gasteiger partial charge in [0.15, 0.2) is 0 Å². The van der Waals surface area contributed by atoms with Crippen LogP contribution in [-0.4, -0.2) is 28.8 Å². The lowest BCUT2D eigenvalue weighted by Crippen LogP contribution is -2.41. The summed E-state index contributed by atoms with van der Waals surface area (Å²) < 4.78 is 5.75. The molecule has 0 fully saturated rings. The van der Waals surface area contributed by atoms with Crippen LogP contribution in [-0.2, 0) is 6.42 Å². The zero-order chi connectivity index (χ0) is 20.6. The van der Waals surface area contributed by atoms with Crippen molar-refractivity contribution in [3.05, 3.63) is 83.6 Å². The molecule has 0 saturated carbocycles. The van der Waals surface area contributed by atoms with E-state index in [2.05, 4.69) is 15.6 Å². The highest BCUT2D eigenvalue weighted by Crippen LogP contribution is 2.23. The quantitative estimate of drug-likeness (QED) is 0.563. The summed E-state index contributed by atoms with van der Waals surface area (Å²) in [5.41, 5.74) is 3.92. The maximum absolute atomic E-state index is 12.2. The molecule has 0 saturated heterocycles. The second-order valence-electron chi connectivity index (χ2n) is 6.90. The summed E-state index contributed by atoms with van der Waals surface area (Å²) in [6.07, 6.45) is 2.08. The van der Waals surface area contributed by atoms with Gasteiger partial charge in [0.2, 0.25) is 5.88 Å². The molecule has 2 aromatic carbocycles. The summed E-state index contributed by atoms with van der Waals surface area (Å²) in [5, 5.41) is 15.0. The lowest BCUT2D eigenvalue weighted by Gasteiger charge is -2.17. The van der Waals surface area contributed by atoms with E-state index in [1.54, 1.807) is 12.1 Å². The summed E-state index contributed by atoms with van der Waals surface area (Å²) in [6.45, 7) is 3.92. The van der Waals surface area contributed by atoms with E-state index in [0.29, 0.717) is 23.7 Å². The van der Waals surface area contributed by atoms with Gasteiger partial charge in [-0.15, -0.1) is 0 Å². The number of aryl methyl sites for hydroxylation is 2. The maximum Gasteiger partial charge on any atom is 0.319 e. The van der Waals surface area contributed by atoms with E-state index in [1.165, 1.54) is 11.8 Å². The molecule has 150 valence electrons. The molecule has 3 aromatic rings. The summed E-state index contributed by atoms with van der Waals surface area (Å²) >= 11 is 0. The van der Waals surface area contributed by atoms with Gasteiger partial charge in [0, 0.05) is 6.07 Å². The molecule has 3 N–H and O–H groups in total. The predicted octanol–water partition coefficient (Wildman–Crippen LogP) is 4.22. The highest BCUT2D eigenvalue weighted by molar-refractivity contribution is 5.89. The molecule has 0 aliphatic carbocycles. The third-order valence-electron chi connectivity index (χ3n) is 4.58. The van der Waals surface area contributed by atoms with E-state index >= 15 is 0 Å². The second-order valence-corrected chi connectivity index (χ2v) is 6.90. The molecule has 0 bridgehead atoms. The van der Waals surface area contributed by atoms with Crippen molar-refractivity contribution < 1.29 is 14.6 Å². The highest BCUT2D eigenvalue weighted by atomic mass is 16.5. The van der Waals surface area contributed by atoms with E-state index in [4.69, 9.17) is 4.74 Å². The van der Waals surface area contributed by atoms with E-state index < -0.39 is 6.03 Å². The molecule has 6 heteroatoms. The van der Waals surface area contributed by atoms with Crippen LogP contribution in [0.4, 0.5) is 10.5 Å². The van der Waals surface area contributed by atoms with E-state index in [9.17, 15) is 9.90 Å². The number of aliphatic hydroxyl groups is 1. The first-order valence-corrected chi connectivity index (χ1v) is 9.47. The standard InChI is InChI=1S/C23H25N3O3/c1-16-8-10-21(12-17(16)2)29-22-11-9-19(14-24-22)25-23(28)26-20(15-27)13-18-6-4-3-5-7-18/h3-12,14,20,27H,13,15H2,1-2H3,(H2,25,26,28). The van der Waals surface area contributed by atoms with Crippen LogP contribution in [0.25, 0.3) is 0 Å². The Kier molecular flexibility index (Phi) is 6.81. The molecule has 0 aliphatic heterocycles. The number of benzene rings is 2.